The number of hydrogen-bond acceptors (Lipinski definition) is 3. The van der Waals surface area contributed by atoms with Crippen molar-refractivity contribution in [3.8, 4) is 5.75 Å². The summed E-state index contributed by atoms with van der Waals surface area (Å²) in [6.07, 6.45) is 0.443. The van der Waals surface area contributed by atoms with Crippen molar-refractivity contribution in [3.05, 3.63) is 53.1 Å². The summed E-state index contributed by atoms with van der Waals surface area (Å²) in [4.78, 5) is 26.1. The summed E-state index contributed by atoms with van der Waals surface area (Å²) in [6, 6.07) is 12.7. The van der Waals surface area contributed by atoms with E-state index >= 15 is 0 Å². The quantitative estimate of drug-likeness (QED) is 0.853. The van der Waals surface area contributed by atoms with Gasteiger partial charge in [0.25, 0.3) is 5.91 Å². The summed E-state index contributed by atoms with van der Waals surface area (Å²) in [5.74, 6) is 0.706. The second-order valence-electron chi connectivity index (χ2n) is 6.73. The van der Waals surface area contributed by atoms with Gasteiger partial charge in [-0.3, -0.25) is 9.59 Å². The molecule has 0 unspecified atom stereocenters. The molecule has 1 heterocycles. The second-order valence-corrected chi connectivity index (χ2v) is 7.16. The Kier molecular flexibility index (Phi) is 5.47. The van der Waals surface area contributed by atoms with E-state index in [2.05, 4.69) is 5.32 Å². The lowest BCUT2D eigenvalue weighted by Gasteiger charge is -2.30. The Hall–Kier alpha value is -2.53. The van der Waals surface area contributed by atoms with Gasteiger partial charge in [0.1, 0.15) is 5.75 Å². The number of nitrogens with zero attached hydrogens (tertiary/aromatic N) is 1. The Morgan fingerprint density at radius 2 is 2.08 bits per heavy atom. The van der Waals surface area contributed by atoms with Crippen LogP contribution in [-0.2, 0) is 16.1 Å². The number of rotatable bonds is 5. The molecule has 0 aliphatic carbocycles. The van der Waals surface area contributed by atoms with Crippen molar-refractivity contribution in [3.63, 3.8) is 0 Å². The number of halogens is 1. The lowest BCUT2D eigenvalue weighted by Crippen LogP contribution is -2.38. The van der Waals surface area contributed by atoms with Crippen molar-refractivity contribution >= 4 is 34.8 Å². The number of ether oxygens (including phenoxy) is 1. The lowest BCUT2D eigenvalue weighted by atomic mass is 10.1. The maximum atomic E-state index is 12.4. The van der Waals surface area contributed by atoms with E-state index < -0.39 is 0 Å². The first kappa shape index (κ1) is 18.3. The van der Waals surface area contributed by atoms with Crippen LogP contribution in [0, 0.1) is 5.92 Å². The van der Waals surface area contributed by atoms with E-state index in [1.807, 2.05) is 32.0 Å². The Morgan fingerprint density at radius 1 is 1.27 bits per heavy atom. The summed E-state index contributed by atoms with van der Waals surface area (Å²) in [6.45, 7) is 4.36. The van der Waals surface area contributed by atoms with Crippen molar-refractivity contribution in [2.45, 2.75) is 26.8 Å². The van der Waals surface area contributed by atoms with E-state index in [0.717, 1.165) is 5.56 Å². The second kappa shape index (κ2) is 7.79. The number of nitrogens with one attached hydrogen (secondary N) is 1. The number of carbonyl (C=O) groups excluding carboxylic acids is 2. The summed E-state index contributed by atoms with van der Waals surface area (Å²) in [5.41, 5.74) is 2.21. The van der Waals surface area contributed by atoms with Gasteiger partial charge in [-0.2, -0.15) is 0 Å². The van der Waals surface area contributed by atoms with Crippen molar-refractivity contribution in [2.75, 3.05) is 16.8 Å². The van der Waals surface area contributed by atoms with Crippen molar-refractivity contribution in [2.24, 2.45) is 5.92 Å². The molecule has 0 radical (unpaired) electrons. The Balaban J connectivity index is 1.85. The summed E-state index contributed by atoms with van der Waals surface area (Å²) >= 11 is 6.05. The smallest absolute Gasteiger partial charge is 0.265 e. The third-order valence-electron chi connectivity index (χ3n) is 4.01. The van der Waals surface area contributed by atoms with Crippen LogP contribution in [0.2, 0.25) is 5.02 Å². The summed E-state index contributed by atoms with van der Waals surface area (Å²) in [7, 11) is 0. The minimum atomic E-state index is -0.136. The molecule has 5 nitrogen and oxygen atoms in total. The maximum Gasteiger partial charge on any atom is 0.265 e. The normalized spacial score (nSPS) is 13.4. The van der Waals surface area contributed by atoms with Gasteiger partial charge in [-0.25, -0.2) is 0 Å². The molecule has 0 saturated carbocycles. The fraction of sp³-hybridized carbons (Fsp3) is 0.300. The predicted molar refractivity (Wildman–Crippen MR) is 103 cm³/mol. The number of benzene rings is 2. The molecular weight excluding hydrogens is 352 g/mol. The van der Waals surface area contributed by atoms with Crippen LogP contribution < -0.4 is 15.0 Å². The van der Waals surface area contributed by atoms with Crippen molar-refractivity contribution in [1.82, 2.24) is 0 Å². The van der Waals surface area contributed by atoms with E-state index in [0.29, 0.717) is 35.1 Å². The first-order valence-corrected chi connectivity index (χ1v) is 8.91. The highest BCUT2D eigenvalue weighted by atomic mass is 35.5. The molecule has 1 N–H and O–H groups in total. The molecule has 0 spiro atoms. The van der Waals surface area contributed by atoms with Crippen LogP contribution in [0.15, 0.2) is 42.5 Å². The van der Waals surface area contributed by atoms with Crippen molar-refractivity contribution < 1.29 is 14.3 Å². The molecule has 0 fully saturated rings. The van der Waals surface area contributed by atoms with Gasteiger partial charge in [0.2, 0.25) is 5.91 Å². The zero-order valence-corrected chi connectivity index (χ0v) is 15.5. The molecule has 0 aromatic heterocycles. The van der Waals surface area contributed by atoms with Gasteiger partial charge in [-0.1, -0.05) is 37.6 Å². The zero-order chi connectivity index (χ0) is 18.7. The predicted octanol–water partition coefficient (Wildman–Crippen LogP) is 4.25. The zero-order valence-electron chi connectivity index (χ0n) is 14.8. The lowest BCUT2D eigenvalue weighted by molar-refractivity contribution is -0.121. The van der Waals surface area contributed by atoms with Crippen LogP contribution in [0.5, 0.6) is 5.75 Å². The molecular formula is C20H21ClN2O3. The van der Waals surface area contributed by atoms with E-state index in [4.69, 9.17) is 16.3 Å². The average molecular weight is 373 g/mol. The van der Waals surface area contributed by atoms with Crippen LogP contribution in [0.3, 0.4) is 0 Å². The fourth-order valence-electron chi connectivity index (χ4n) is 2.85. The van der Waals surface area contributed by atoms with E-state index in [-0.39, 0.29) is 24.3 Å². The molecule has 136 valence electrons. The highest BCUT2D eigenvalue weighted by Gasteiger charge is 2.26. The van der Waals surface area contributed by atoms with Crippen LogP contribution in [-0.4, -0.2) is 18.4 Å². The summed E-state index contributed by atoms with van der Waals surface area (Å²) in [5, 5.41) is 3.50. The molecule has 1 aliphatic rings. The first-order valence-electron chi connectivity index (χ1n) is 8.54. The molecule has 26 heavy (non-hydrogen) atoms. The number of carbonyl (C=O) groups is 2. The number of fused-ring (bicyclic) bond motifs is 1. The standard InChI is InChI=1S/C20H21ClN2O3/c1-13(2)8-19(24)22-16-6-7-18-17(10-16)23(20(25)12-26-18)11-14-4-3-5-15(21)9-14/h3-7,9-10,13H,8,11-12H2,1-2H3,(H,22,24). The molecule has 0 bridgehead atoms. The molecule has 0 saturated heterocycles. The Bertz CT molecular complexity index is 836. The first-order chi connectivity index (χ1) is 12.4. The topological polar surface area (TPSA) is 58.6 Å². The molecule has 1 aliphatic heterocycles. The van der Waals surface area contributed by atoms with Gasteiger partial charge in [0.15, 0.2) is 6.61 Å². The van der Waals surface area contributed by atoms with Gasteiger partial charge in [0.05, 0.1) is 12.2 Å². The van der Waals surface area contributed by atoms with Crippen LogP contribution in [0.1, 0.15) is 25.8 Å². The monoisotopic (exact) mass is 372 g/mol. The third kappa shape index (κ3) is 4.35. The molecule has 0 atom stereocenters. The Labute approximate surface area is 157 Å². The van der Waals surface area contributed by atoms with Crippen LogP contribution in [0.4, 0.5) is 11.4 Å². The summed E-state index contributed by atoms with van der Waals surface area (Å²) < 4.78 is 5.52. The number of amides is 2. The SMILES string of the molecule is CC(C)CC(=O)Nc1ccc2c(c1)N(Cc1cccc(Cl)c1)C(=O)CO2. The largest absolute Gasteiger partial charge is 0.482 e. The Morgan fingerprint density at radius 3 is 2.81 bits per heavy atom. The highest BCUT2D eigenvalue weighted by Crippen LogP contribution is 2.35. The van der Waals surface area contributed by atoms with E-state index in [9.17, 15) is 9.59 Å². The maximum absolute atomic E-state index is 12.4. The van der Waals surface area contributed by atoms with Gasteiger partial charge in [-0.05, 0) is 41.8 Å². The molecule has 2 aromatic carbocycles. The van der Waals surface area contributed by atoms with E-state index in [1.54, 1.807) is 29.2 Å². The van der Waals surface area contributed by atoms with Gasteiger partial charge >= 0.3 is 0 Å². The highest BCUT2D eigenvalue weighted by molar-refractivity contribution is 6.30. The minimum absolute atomic E-state index is 0.00732. The van der Waals surface area contributed by atoms with Gasteiger partial charge in [-0.15, -0.1) is 0 Å². The third-order valence-corrected chi connectivity index (χ3v) is 4.24. The molecule has 6 heteroatoms. The van der Waals surface area contributed by atoms with Crippen LogP contribution in [0.25, 0.3) is 0 Å². The van der Waals surface area contributed by atoms with Crippen molar-refractivity contribution in [1.29, 1.82) is 0 Å². The van der Waals surface area contributed by atoms with Gasteiger partial charge in [0, 0.05) is 17.1 Å². The minimum Gasteiger partial charge on any atom is -0.482 e. The molecule has 3 rings (SSSR count). The number of anilines is 2. The fourth-order valence-corrected chi connectivity index (χ4v) is 3.07. The molecule has 2 amide bonds. The van der Waals surface area contributed by atoms with Crippen LogP contribution >= 0.6 is 11.6 Å². The average Bonchev–Trinajstić information content (AvgIpc) is 2.57. The van der Waals surface area contributed by atoms with E-state index in [1.165, 1.54) is 0 Å². The molecule has 2 aromatic rings. The van der Waals surface area contributed by atoms with Gasteiger partial charge < -0.3 is 15.0 Å². The number of hydrogen-bond donors (Lipinski definition) is 1.